The second-order valence-corrected chi connectivity index (χ2v) is 5.88. The third-order valence-corrected chi connectivity index (χ3v) is 3.87. The molecule has 1 heterocycles. The molecule has 5 nitrogen and oxygen atoms in total. The van der Waals surface area contributed by atoms with Gasteiger partial charge in [0.15, 0.2) is 0 Å². The summed E-state index contributed by atoms with van der Waals surface area (Å²) in [4.78, 5) is 18.1. The van der Waals surface area contributed by atoms with E-state index in [2.05, 4.69) is 10.3 Å². The molecule has 0 radical (unpaired) electrons. The number of rotatable bonds is 5. The van der Waals surface area contributed by atoms with E-state index in [1.165, 1.54) is 12.4 Å². The molecule has 0 saturated heterocycles. The van der Waals surface area contributed by atoms with Crippen molar-refractivity contribution < 1.29 is 9.18 Å². The molecule has 0 atom stereocenters. The Kier molecular flexibility index (Phi) is 4.79. The Hall–Kier alpha value is -3.15. The van der Waals surface area contributed by atoms with Crippen LogP contribution in [-0.2, 0) is 6.54 Å². The second kappa shape index (κ2) is 7.17. The van der Waals surface area contributed by atoms with E-state index in [1.807, 2.05) is 37.2 Å². The number of hydrogen-bond acceptors (Lipinski definition) is 3. The van der Waals surface area contributed by atoms with Crippen LogP contribution < -0.4 is 10.2 Å². The fourth-order valence-corrected chi connectivity index (χ4v) is 2.48. The van der Waals surface area contributed by atoms with Gasteiger partial charge in [-0.15, -0.1) is 0 Å². The number of anilines is 1. The van der Waals surface area contributed by atoms with E-state index in [1.54, 1.807) is 35.2 Å². The molecule has 3 aromatic rings. The van der Waals surface area contributed by atoms with Crippen LogP contribution in [0.3, 0.4) is 0 Å². The number of carbonyl (C=O) groups excluding carboxylic acids is 1. The van der Waals surface area contributed by atoms with Crippen LogP contribution >= 0.6 is 0 Å². The minimum atomic E-state index is -0.362. The van der Waals surface area contributed by atoms with Crippen molar-refractivity contribution in [1.29, 1.82) is 0 Å². The number of nitrogens with zero attached hydrogens (tertiary/aromatic N) is 3. The molecule has 0 spiro atoms. The van der Waals surface area contributed by atoms with Crippen LogP contribution in [0.5, 0.6) is 0 Å². The van der Waals surface area contributed by atoms with Crippen LogP contribution in [0.1, 0.15) is 15.9 Å². The van der Waals surface area contributed by atoms with Crippen molar-refractivity contribution in [3.05, 3.63) is 78.1 Å². The molecule has 1 amide bonds. The number of hydrogen-bond donors (Lipinski definition) is 1. The van der Waals surface area contributed by atoms with Gasteiger partial charge in [-0.2, -0.15) is 0 Å². The van der Waals surface area contributed by atoms with E-state index in [0.29, 0.717) is 16.8 Å². The van der Waals surface area contributed by atoms with Crippen molar-refractivity contribution in [2.75, 3.05) is 19.0 Å². The van der Waals surface area contributed by atoms with Crippen LogP contribution in [0.25, 0.3) is 5.69 Å². The molecule has 128 valence electrons. The van der Waals surface area contributed by atoms with Crippen molar-refractivity contribution >= 4 is 11.6 Å². The van der Waals surface area contributed by atoms with Crippen molar-refractivity contribution in [1.82, 2.24) is 14.9 Å². The lowest BCUT2D eigenvalue weighted by Crippen LogP contribution is -2.23. The number of amides is 1. The van der Waals surface area contributed by atoms with Gasteiger partial charge in [-0.1, -0.05) is 12.1 Å². The molecule has 2 aromatic carbocycles. The Morgan fingerprint density at radius 3 is 2.76 bits per heavy atom. The summed E-state index contributed by atoms with van der Waals surface area (Å²) in [6, 6.07) is 12.2. The van der Waals surface area contributed by atoms with Crippen molar-refractivity contribution in [2.24, 2.45) is 0 Å². The van der Waals surface area contributed by atoms with Gasteiger partial charge in [0.1, 0.15) is 5.82 Å². The fraction of sp³-hybridized carbons (Fsp3) is 0.158. The lowest BCUT2D eigenvalue weighted by atomic mass is 10.1. The maximum atomic E-state index is 14.2. The molecule has 0 fully saturated rings. The number of nitrogens with one attached hydrogen (secondary N) is 1. The summed E-state index contributed by atoms with van der Waals surface area (Å²) in [7, 11) is 3.84. The molecule has 0 unspecified atom stereocenters. The molecule has 1 N–H and O–H groups in total. The normalized spacial score (nSPS) is 10.5. The average molecular weight is 338 g/mol. The number of aromatic nitrogens is 2. The highest BCUT2D eigenvalue weighted by atomic mass is 19.1. The number of carbonyl (C=O) groups is 1. The average Bonchev–Trinajstić information content (AvgIpc) is 3.14. The predicted octanol–water partition coefficient (Wildman–Crippen LogP) is 3.01. The highest BCUT2D eigenvalue weighted by Gasteiger charge is 2.09. The van der Waals surface area contributed by atoms with Crippen LogP contribution in [0.15, 0.2) is 61.2 Å². The molecule has 25 heavy (non-hydrogen) atoms. The molecule has 0 saturated carbocycles. The summed E-state index contributed by atoms with van der Waals surface area (Å²) < 4.78 is 15.8. The molecule has 1 aromatic heterocycles. The summed E-state index contributed by atoms with van der Waals surface area (Å²) in [6.07, 6.45) is 4.81. The van der Waals surface area contributed by atoms with E-state index >= 15 is 0 Å². The predicted molar refractivity (Wildman–Crippen MR) is 95.5 cm³/mol. The lowest BCUT2D eigenvalue weighted by Gasteiger charge is -2.13. The maximum Gasteiger partial charge on any atom is 0.251 e. The maximum absolute atomic E-state index is 14.2. The van der Waals surface area contributed by atoms with Crippen molar-refractivity contribution in [3.63, 3.8) is 0 Å². The van der Waals surface area contributed by atoms with Gasteiger partial charge in [-0.3, -0.25) is 4.79 Å². The second-order valence-electron chi connectivity index (χ2n) is 5.88. The smallest absolute Gasteiger partial charge is 0.251 e. The quantitative estimate of drug-likeness (QED) is 0.778. The Balaban J connectivity index is 1.68. The molecular formula is C19H19FN4O. The third kappa shape index (κ3) is 3.85. The zero-order valence-electron chi connectivity index (χ0n) is 14.1. The topological polar surface area (TPSA) is 50.2 Å². The Labute approximate surface area is 145 Å². The minimum Gasteiger partial charge on any atom is -0.378 e. The van der Waals surface area contributed by atoms with Gasteiger partial charge in [0.2, 0.25) is 0 Å². The van der Waals surface area contributed by atoms with Gasteiger partial charge < -0.3 is 14.8 Å². The van der Waals surface area contributed by atoms with Gasteiger partial charge in [0, 0.05) is 44.3 Å². The molecule has 6 heteroatoms. The summed E-state index contributed by atoms with van der Waals surface area (Å²) in [5, 5.41) is 2.82. The Bertz CT molecular complexity index is 875. The van der Waals surface area contributed by atoms with Gasteiger partial charge in [-0.25, -0.2) is 9.37 Å². The van der Waals surface area contributed by atoms with Crippen LogP contribution in [-0.4, -0.2) is 29.6 Å². The van der Waals surface area contributed by atoms with Crippen LogP contribution in [0, 0.1) is 5.82 Å². The molecule has 0 aliphatic heterocycles. The first kappa shape index (κ1) is 16.7. The zero-order chi connectivity index (χ0) is 17.8. The van der Waals surface area contributed by atoms with E-state index < -0.39 is 0 Å². The summed E-state index contributed by atoms with van der Waals surface area (Å²) in [5.74, 6) is -0.554. The molecule has 0 aliphatic rings. The first-order valence-corrected chi connectivity index (χ1v) is 7.87. The van der Waals surface area contributed by atoms with E-state index in [4.69, 9.17) is 0 Å². The number of imidazole rings is 1. The highest BCUT2D eigenvalue weighted by molar-refractivity contribution is 5.95. The Morgan fingerprint density at radius 2 is 2.08 bits per heavy atom. The van der Waals surface area contributed by atoms with Crippen LogP contribution in [0.4, 0.5) is 10.1 Å². The molecular weight excluding hydrogens is 319 g/mol. The first-order valence-electron chi connectivity index (χ1n) is 7.87. The van der Waals surface area contributed by atoms with Gasteiger partial charge in [0.05, 0.1) is 12.0 Å². The number of halogens is 1. The van der Waals surface area contributed by atoms with Crippen LogP contribution in [0.2, 0.25) is 0 Å². The van der Waals surface area contributed by atoms with Gasteiger partial charge in [-0.05, 0) is 35.9 Å². The monoisotopic (exact) mass is 338 g/mol. The number of benzene rings is 2. The van der Waals surface area contributed by atoms with Gasteiger partial charge in [0.25, 0.3) is 5.91 Å². The summed E-state index contributed by atoms with van der Waals surface area (Å²) in [6.45, 7) is 0.256. The molecule has 3 rings (SSSR count). The third-order valence-electron chi connectivity index (χ3n) is 3.87. The molecule has 0 aliphatic carbocycles. The molecule has 0 bridgehead atoms. The highest BCUT2D eigenvalue weighted by Crippen LogP contribution is 2.16. The largest absolute Gasteiger partial charge is 0.378 e. The lowest BCUT2D eigenvalue weighted by molar-refractivity contribution is 0.0951. The SMILES string of the molecule is CN(C)c1cccc(C(=O)NCc2ccc(-n3ccnc3)c(F)c2)c1. The Morgan fingerprint density at radius 1 is 1.24 bits per heavy atom. The van der Waals surface area contributed by atoms with Crippen molar-refractivity contribution in [3.8, 4) is 5.69 Å². The summed E-state index contributed by atoms with van der Waals surface area (Å²) in [5.41, 5.74) is 2.63. The van der Waals surface area contributed by atoms with Crippen molar-refractivity contribution in [2.45, 2.75) is 6.54 Å². The van der Waals surface area contributed by atoms with E-state index in [0.717, 1.165) is 5.69 Å². The summed E-state index contributed by atoms with van der Waals surface area (Å²) >= 11 is 0. The van der Waals surface area contributed by atoms with Gasteiger partial charge >= 0.3 is 0 Å². The zero-order valence-corrected chi connectivity index (χ0v) is 14.1. The minimum absolute atomic E-state index is 0.192. The first-order chi connectivity index (χ1) is 12.0. The van der Waals surface area contributed by atoms with E-state index in [9.17, 15) is 9.18 Å². The fourth-order valence-electron chi connectivity index (χ4n) is 2.48. The van der Waals surface area contributed by atoms with E-state index in [-0.39, 0.29) is 18.3 Å². The standard InChI is InChI=1S/C19H19FN4O/c1-23(2)16-5-3-4-15(11-16)19(25)22-12-14-6-7-18(17(20)10-14)24-9-8-21-13-24/h3-11,13H,12H2,1-2H3,(H,22,25).